The van der Waals surface area contributed by atoms with Crippen molar-refractivity contribution >= 4 is 15.9 Å². The summed E-state index contributed by atoms with van der Waals surface area (Å²) in [5, 5.41) is 7.43. The van der Waals surface area contributed by atoms with Crippen molar-refractivity contribution in [1.29, 1.82) is 0 Å². The van der Waals surface area contributed by atoms with Crippen molar-refractivity contribution in [1.82, 2.24) is 15.1 Å². The third-order valence-electron chi connectivity index (χ3n) is 3.42. The molecule has 3 nitrogen and oxygen atoms in total. The second kappa shape index (κ2) is 7.13. The van der Waals surface area contributed by atoms with Gasteiger partial charge >= 0.3 is 0 Å². The number of hydrogen-bond donors (Lipinski definition) is 1. The zero-order valence-corrected chi connectivity index (χ0v) is 13.6. The first kappa shape index (κ1) is 16.1. The van der Waals surface area contributed by atoms with Crippen molar-refractivity contribution in [3.63, 3.8) is 0 Å². The molecule has 2 rings (SSSR count). The number of halogens is 3. The number of aromatic nitrogens is 2. The average Bonchev–Trinajstić information content (AvgIpc) is 2.81. The smallest absolute Gasteiger partial charge is 0.129 e. The molecule has 0 radical (unpaired) electrons. The molecule has 6 heteroatoms. The molecule has 0 spiro atoms. The standard InChI is InChI=1S/C15H18BrF2N3/c1-3-7-21-15(11(16)9-20-21)14(19-2)8-10-12(17)5-4-6-13(10)18/h4-6,9,14,19H,3,7-8H2,1-2H3. The lowest BCUT2D eigenvalue weighted by molar-refractivity contribution is 0.473. The Balaban J connectivity index is 2.35. The fraction of sp³-hybridized carbons (Fsp3) is 0.400. The molecule has 0 saturated heterocycles. The highest BCUT2D eigenvalue weighted by Gasteiger charge is 2.22. The second-order valence-electron chi connectivity index (χ2n) is 4.85. The summed E-state index contributed by atoms with van der Waals surface area (Å²) in [6, 6.07) is 3.71. The van der Waals surface area contributed by atoms with E-state index in [2.05, 4.69) is 33.3 Å². The molecule has 1 N–H and O–H groups in total. The predicted molar refractivity (Wildman–Crippen MR) is 82.1 cm³/mol. The Hall–Kier alpha value is -1.27. The van der Waals surface area contributed by atoms with E-state index in [1.165, 1.54) is 18.2 Å². The Morgan fingerprint density at radius 2 is 2.00 bits per heavy atom. The highest BCUT2D eigenvalue weighted by Crippen LogP contribution is 2.27. The molecule has 2 aromatic rings. The van der Waals surface area contributed by atoms with E-state index in [0.717, 1.165) is 23.1 Å². The topological polar surface area (TPSA) is 29.9 Å². The molecule has 0 fully saturated rings. The van der Waals surface area contributed by atoms with Crippen LogP contribution < -0.4 is 5.32 Å². The molecule has 0 saturated carbocycles. The minimum Gasteiger partial charge on any atom is -0.311 e. The van der Waals surface area contributed by atoms with Crippen molar-refractivity contribution in [2.75, 3.05) is 7.05 Å². The zero-order chi connectivity index (χ0) is 15.4. The lowest BCUT2D eigenvalue weighted by Crippen LogP contribution is -2.24. The third-order valence-corrected chi connectivity index (χ3v) is 4.03. The molecule has 0 aliphatic carbocycles. The summed E-state index contributed by atoms with van der Waals surface area (Å²) >= 11 is 3.47. The molecule has 1 atom stereocenters. The molecule has 1 aromatic heterocycles. The number of aryl methyl sites for hydroxylation is 1. The number of hydrogen-bond acceptors (Lipinski definition) is 2. The van der Waals surface area contributed by atoms with E-state index >= 15 is 0 Å². The molecule has 0 amide bonds. The van der Waals surface area contributed by atoms with E-state index in [-0.39, 0.29) is 18.0 Å². The van der Waals surface area contributed by atoms with Crippen LogP contribution in [0.1, 0.15) is 30.6 Å². The maximum absolute atomic E-state index is 13.8. The van der Waals surface area contributed by atoms with Gasteiger partial charge in [-0.1, -0.05) is 13.0 Å². The van der Waals surface area contributed by atoms with Crippen LogP contribution in [0.15, 0.2) is 28.9 Å². The highest BCUT2D eigenvalue weighted by atomic mass is 79.9. The van der Waals surface area contributed by atoms with Crippen molar-refractivity contribution in [2.24, 2.45) is 0 Å². The molecule has 21 heavy (non-hydrogen) atoms. The summed E-state index contributed by atoms with van der Waals surface area (Å²) in [5.41, 5.74) is 0.995. The fourth-order valence-electron chi connectivity index (χ4n) is 2.38. The molecular weight excluding hydrogens is 340 g/mol. The Morgan fingerprint density at radius 1 is 1.33 bits per heavy atom. The van der Waals surface area contributed by atoms with Crippen LogP contribution in [0.4, 0.5) is 8.78 Å². The summed E-state index contributed by atoms with van der Waals surface area (Å²) in [6.07, 6.45) is 2.88. The van der Waals surface area contributed by atoms with Crippen molar-refractivity contribution in [3.8, 4) is 0 Å². The minimum atomic E-state index is -0.520. The monoisotopic (exact) mass is 357 g/mol. The molecule has 1 aromatic carbocycles. The van der Waals surface area contributed by atoms with Gasteiger partial charge in [0.2, 0.25) is 0 Å². The Labute approximate surface area is 131 Å². The van der Waals surface area contributed by atoms with Gasteiger partial charge in [0.05, 0.1) is 22.4 Å². The van der Waals surface area contributed by atoms with E-state index in [1.54, 1.807) is 13.2 Å². The third kappa shape index (κ3) is 3.49. The van der Waals surface area contributed by atoms with E-state index in [4.69, 9.17) is 0 Å². The van der Waals surface area contributed by atoms with Gasteiger partial charge in [0.1, 0.15) is 11.6 Å². The van der Waals surface area contributed by atoms with Gasteiger partial charge < -0.3 is 5.32 Å². The van der Waals surface area contributed by atoms with Crippen LogP contribution in [0.2, 0.25) is 0 Å². The molecule has 1 unspecified atom stereocenters. The van der Waals surface area contributed by atoms with Crippen LogP contribution in [0, 0.1) is 11.6 Å². The van der Waals surface area contributed by atoms with E-state index in [0.29, 0.717) is 0 Å². The maximum Gasteiger partial charge on any atom is 0.129 e. The second-order valence-corrected chi connectivity index (χ2v) is 5.70. The summed E-state index contributed by atoms with van der Waals surface area (Å²) in [5.74, 6) is -1.04. The lowest BCUT2D eigenvalue weighted by atomic mass is 10.0. The maximum atomic E-state index is 13.8. The van der Waals surface area contributed by atoms with Gasteiger partial charge in [-0.2, -0.15) is 5.10 Å². The summed E-state index contributed by atoms with van der Waals surface area (Å²) in [7, 11) is 1.78. The van der Waals surface area contributed by atoms with Crippen molar-refractivity contribution in [3.05, 3.63) is 51.8 Å². The van der Waals surface area contributed by atoms with Gasteiger partial charge in [-0.3, -0.25) is 4.68 Å². The largest absolute Gasteiger partial charge is 0.311 e. The number of nitrogens with zero attached hydrogens (tertiary/aromatic N) is 2. The molecule has 0 bridgehead atoms. The van der Waals surface area contributed by atoms with Gasteiger partial charge in [-0.25, -0.2) is 8.78 Å². The number of nitrogens with one attached hydrogen (secondary N) is 1. The first-order valence-electron chi connectivity index (χ1n) is 6.89. The van der Waals surface area contributed by atoms with Gasteiger partial charge in [0.25, 0.3) is 0 Å². The molecule has 0 aliphatic rings. The van der Waals surface area contributed by atoms with Crippen LogP contribution >= 0.6 is 15.9 Å². The van der Waals surface area contributed by atoms with E-state index in [1.807, 2.05) is 4.68 Å². The van der Waals surface area contributed by atoms with Crippen LogP contribution in [0.25, 0.3) is 0 Å². The zero-order valence-electron chi connectivity index (χ0n) is 12.0. The van der Waals surface area contributed by atoms with E-state index in [9.17, 15) is 8.78 Å². The number of likely N-dealkylation sites (N-methyl/N-ethyl adjacent to an activating group) is 1. The highest BCUT2D eigenvalue weighted by molar-refractivity contribution is 9.10. The van der Waals surface area contributed by atoms with Gasteiger partial charge in [-0.15, -0.1) is 0 Å². The number of rotatable bonds is 6. The Kier molecular flexibility index (Phi) is 5.47. The average molecular weight is 358 g/mol. The Morgan fingerprint density at radius 3 is 2.57 bits per heavy atom. The predicted octanol–water partition coefficient (Wildman–Crippen LogP) is 3.84. The van der Waals surface area contributed by atoms with Gasteiger partial charge in [-0.05, 0) is 48.0 Å². The molecule has 114 valence electrons. The van der Waals surface area contributed by atoms with Crippen LogP contribution in [-0.4, -0.2) is 16.8 Å². The Bertz CT molecular complexity index is 593. The normalized spacial score (nSPS) is 12.6. The van der Waals surface area contributed by atoms with Gasteiger partial charge in [0.15, 0.2) is 0 Å². The SMILES string of the molecule is CCCn1ncc(Br)c1C(Cc1c(F)cccc1F)NC. The van der Waals surface area contributed by atoms with Crippen LogP contribution in [0.5, 0.6) is 0 Å². The first-order valence-corrected chi connectivity index (χ1v) is 7.69. The lowest BCUT2D eigenvalue weighted by Gasteiger charge is -2.19. The minimum absolute atomic E-state index is 0.0907. The summed E-state index contributed by atoms with van der Waals surface area (Å²) in [4.78, 5) is 0. The van der Waals surface area contributed by atoms with Crippen molar-refractivity contribution < 1.29 is 8.78 Å². The molecule has 1 heterocycles. The quantitative estimate of drug-likeness (QED) is 0.851. The summed E-state index contributed by atoms with van der Waals surface area (Å²) < 4.78 is 30.4. The van der Waals surface area contributed by atoms with Crippen molar-refractivity contribution in [2.45, 2.75) is 32.4 Å². The van der Waals surface area contributed by atoms with Crippen LogP contribution in [-0.2, 0) is 13.0 Å². The number of benzene rings is 1. The van der Waals surface area contributed by atoms with Crippen LogP contribution in [0.3, 0.4) is 0 Å². The van der Waals surface area contributed by atoms with Gasteiger partial charge in [0, 0.05) is 12.1 Å². The fourth-order valence-corrected chi connectivity index (χ4v) is 2.95. The molecule has 0 aliphatic heterocycles. The first-order chi connectivity index (χ1) is 10.1. The summed E-state index contributed by atoms with van der Waals surface area (Å²) in [6.45, 7) is 2.82. The molecular formula is C15H18BrF2N3. The van der Waals surface area contributed by atoms with E-state index < -0.39 is 11.6 Å².